The van der Waals surface area contributed by atoms with Crippen molar-refractivity contribution in [3.63, 3.8) is 0 Å². The van der Waals surface area contributed by atoms with Gasteiger partial charge in [-0.15, -0.1) is 0 Å². The fraction of sp³-hybridized carbons (Fsp3) is 0.639. The van der Waals surface area contributed by atoms with Crippen LogP contribution in [0, 0.1) is 0 Å². The van der Waals surface area contributed by atoms with E-state index in [9.17, 15) is 19.0 Å². The molecule has 0 aromatic heterocycles. The Kier molecular flexibility index (Phi) is 48.7. The number of nitrogens with zero attached hydrogens (tertiary/aromatic N) is 1. The van der Waals surface area contributed by atoms with Crippen molar-refractivity contribution in [3.05, 3.63) is 122 Å². The Labute approximate surface area is 435 Å². The molecule has 0 aromatic rings. The van der Waals surface area contributed by atoms with Gasteiger partial charge in [-0.3, -0.25) is 18.6 Å². The van der Waals surface area contributed by atoms with Crippen LogP contribution in [0.1, 0.15) is 200 Å². The van der Waals surface area contributed by atoms with E-state index >= 15 is 0 Å². The van der Waals surface area contributed by atoms with Crippen LogP contribution in [0.5, 0.6) is 0 Å². The van der Waals surface area contributed by atoms with Crippen LogP contribution >= 0.6 is 7.82 Å². The van der Waals surface area contributed by atoms with Gasteiger partial charge in [0.15, 0.2) is 6.10 Å². The van der Waals surface area contributed by atoms with Gasteiger partial charge in [0.2, 0.25) is 0 Å². The third-order valence-electron chi connectivity index (χ3n) is 11.3. The first-order chi connectivity index (χ1) is 34.5. The molecule has 10 heteroatoms. The van der Waals surface area contributed by atoms with Gasteiger partial charge in [0.25, 0.3) is 0 Å². The number of hydrogen-bond donors (Lipinski definition) is 1. The van der Waals surface area contributed by atoms with Gasteiger partial charge >= 0.3 is 19.8 Å². The summed E-state index contributed by atoms with van der Waals surface area (Å²) >= 11 is 0. The predicted molar refractivity (Wildman–Crippen MR) is 302 cm³/mol. The maximum Gasteiger partial charge on any atom is 0.472 e. The summed E-state index contributed by atoms with van der Waals surface area (Å²) in [4.78, 5) is 35.4. The summed E-state index contributed by atoms with van der Waals surface area (Å²) in [5.74, 6) is -0.819. The van der Waals surface area contributed by atoms with Crippen LogP contribution in [0.2, 0.25) is 0 Å². The maximum absolute atomic E-state index is 12.7. The highest BCUT2D eigenvalue weighted by Gasteiger charge is 2.27. The Morgan fingerprint density at radius 2 is 0.803 bits per heavy atom. The molecule has 0 radical (unpaired) electrons. The number of rotatable bonds is 49. The van der Waals surface area contributed by atoms with Crippen molar-refractivity contribution in [2.24, 2.45) is 0 Å². The maximum atomic E-state index is 12.7. The van der Waals surface area contributed by atoms with Gasteiger partial charge in [-0.05, 0) is 89.9 Å². The number of carbonyl (C=O) groups excluding carboxylic acids is 2. The molecule has 0 saturated carbocycles. The van der Waals surface area contributed by atoms with Crippen molar-refractivity contribution in [1.82, 2.24) is 0 Å². The van der Waals surface area contributed by atoms with Crippen molar-refractivity contribution >= 4 is 19.8 Å². The second-order valence-corrected chi connectivity index (χ2v) is 20.7. The van der Waals surface area contributed by atoms with Gasteiger partial charge in [0.1, 0.15) is 19.8 Å². The smallest absolute Gasteiger partial charge is 0.462 e. The molecular formula is C61H103NO8P+. The van der Waals surface area contributed by atoms with E-state index in [0.29, 0.717) is 17.4 Å². The molecule has 71 heavy (non-hydrogen) atoms. The Morgan fingerprint density at radius 1 is 0.451 bits per heavy atom. The fourth-order valence-electron chi connectivity index (χ4n) is 6.98. The van der Waals surface area contributed by atoms with E-state index in [-0.39, 0.29) is 32.0 Å². The number of carbonyl (C=O) groups is 2. The molecule has 1 N–H and O–H groups in total. The van der Waals surface area contributed by atoms with Crippen LogP contribution in [0.15, 0.2) is 122 Å². The van der Waals surface area contributed by atoms with Gasteiger partial charge in [0, 0.05) is 12.8 Å². The van der Waals surface area contributed by atoms with E-state index in [0.717, 1.165) is 109 Å². The van der Waals surface area contributed by atoms with Gasteiger partial charge < -0.3 is 18.9 Å². The Bertz CT molecular complexity index is 1610. The molecule has 0 amide bonds. The molecule has 0 aliphatic heterocycles. The fourth-order valence-corrected chi connectivity index (χ4v) is 7.72. The predicted octanol–water partition coefficient (Wildman–Crippen LogP) is 17.2. The Hall–Kier alpha value is -3.59. The summed E-state index contributed by atoms with van der Waals surface area (Å²) in [6.07, 6.45) is 72.9. The first-order valence-electron chi connectivity index (χ1n) is 27.8. The van der Waals surface area contributed by atoms with Crippen molar-refractivity contribution in [3.8, 4) is 0 Å². The number of quaternary nitrogens is 1. The lowest BCUT2D eigenvalue weighted by molar-refractivity contribution is -0.870. The molecule has 9 nitrogen and oxygen atoms in total. The summed E-state index contributed by atoms with van der Waals surface area (Å²) in [5, 5.41) is 0. The molecule has 0 fully saturated rings. The highest BCUT2D eigenvalue weighted by atomic mass is 31.2. The van der Waals surface area contributed by atoms with E-state index < -0.39 is 26.5 Å². The largest absolute Gasteiger partial charge is 0.472 e. The topological polar surface area (TPSA) is 108 Å². The molecule has 0 rings (SSSR count). The lowest BCUT2D eigenvalue weighted by Crippen LogP contribution is -2.37. The summed E-state index contributed by atoms with van der Waals surface area (Å²) in [6, 6.07) is 0. The average Bonchev–Trinajstić information content (AvgIpc) is 3.33. The summed E-state index contributed by atoms with van der Waals surface area (Å²) in [5.41, 5.74) is 0. The summed E-state index contributed by atoms with van der Waals surface area (Å²) in [7, 11) is 1.46. The molecule has 404 valence electrons. The van der Waals surface area contributed by atoms with Crippen LogP contribution in [0.4, 0.5) is 0 Å². The number of ether oxygens (including phenoxy) is 2. The molecule has 2 atom stereocenters. The second-order valence-electron chi connectivity index (χ2n) is 19.2. The molecule has 0 aliphatic rings. The summed E-state index contributed by atoms with van der Waals surface area (Å²) in [6.45, 7) is 4.25. The van der Waals surface area contributed by atoms with Crippen molar-refractivity contribution in [2.75, 3.05) is 47.5 Å². The number of phosphoric ester groups is 1. The molecular weight excluding hydrogens is 906 g/mol. The number of esters is 2. The molecule has 0 spiro atoms. The number of phosphoric acid groups is 1. The third-order valence-corrected chi connectivity index (χ3v) is 12.2. The summed E-state index contributed by atoms with van der Waals surface area (Å²) < 4.78 is 34.3. The first kappa shape index (κ1) is 67.4. The van der Waals surface area contributed by atoms with Crippen LogP contribution in [0.25, 0.3) is 0 Å². The van der Waals surface area contributed by atoms with Crippen LogP contribution in [-0.4, -0.2) is 74.9 Å². The van der Waals surface area contributed by atoms with E-state index in [1.54, 1.807) is 0 Å². The van der Waals surface area contributed by atoms with E-state index in [1.165, 1.54) is 57.8 Å². The van der Waals surface area contributed by atoms with Crippen molar-refractivity contribution in [1.29, 1.82) is 0 Å². The molecule has 0 heterocycles. The second kappa shape index (κ2) is 51.3. The van der Waals surface area contributed by atoms with Gasteiger partial charge in [0.05, 0.1) is 27.7 Å². The molecule has 0 bridgehead atoms. The normalized spacial score (nSPS) is 14.3. The van der Waals surface area contributed by atoms with Gasteiger partial charge in [-0.1, -0.05) is 219 Å². The molecule has 0 aromatic carbocycles. The highest BCUT2D eigenvalue weighted by molar-refractivity contribution is 7.47. The SMILES string of the molecule is CC/C=C\C/C=C\C/C=C\C/C=C\C/C=C\C/C=C\C/C=C\C/C=C\C/C=C\C/C=C\CCCCCCCCCCC(=O)OC(COC(=O)CCCCCCCCCC)COP(=O)(O)OCC[N+](C)(C)C. The molecule has 2 unspecified atom stereocenters. The van der Waals surface area contributed by atoms with Crippen molar-refractivity contribution in [2.45, 2.75) is 206 Å². The minimum absolute atomic E-state index is 0.0253. The minimum atomic E-state index is -4.38. The number of allylic oxidation sites excluding steroid dienone is 20. The highest BCUT2D eigenvalue weighted by Crippen LogP contribution is 2.43. The zero-order valence-corrected chi connectivity index (χ0v) is 46.6. The number of hydrogen-bond acceptors (Lipinski definition) is 7. The Balaban J connectivity index is 4.06. The minimum Gasteiger partial charge on any atom is -0.462 e. The zero-order chi connectivity index (χ0) is 52.0. The standard InChI is InChI=1S/C61H102NO8P/c1-6-8-10-12-14-16-17-18-19-20-21-22-23-24-25-26-27-28-29-30-31-32-33-34-35-36-37-38-39-40-41-42-43-44-45-46-48-50-52-54-61(64)70-59(58-69-71(65,66)68-56-55-62(3,4)5)57-67-60(63)53-51-49-47-15-13-11-9-7-2/h8,10,14,16,18-19,21-22,24-25,27-28,30-31,33-34,36-37,39-40,59H,6-7,9,11-13,15,17,20,23,26,29,32,35,38,41-58H2,1-5H3/p+1/b10-8-,16-14-,19-18-,22-21-,25-24-,28-27-,31-30-,34-33-,37-36-,40-39-. The average molecular weight is 1010 g/mol. The van der Waals surface area contributed by atoms with E-state index in [1.807, 2.05) is 21.1 Å². The first-order valence-corrected chi connectivity index (χ1v) is 29.3. The van der Waals surface area contributed by atoms with Crippen LogP contribution in [-0.2, 0) is 32.7 Å². The van der Waals surface area contributed by atoms with Gasteiger partial charge in [-0.25, -0.2) is 4.57 Å². The van der Waals surface area contributed by atoms with Crippen LogP contribution < -0.4 is 0 Å². The number of likely N-dealkylation sites (N-methyl/N-ethyl adjacent to an activating group) is 1. The molecule has 0 saturated heterocycles. The van der Waals surface area contributed by atoms with E-state index in [4.69, 9.17) is 18.5 Å². The lowest BCUT2D eigenvalue weighted by Gasteiger charge is -2.24. The Morgan fingerprint density at radius 3 is 1.20 bits per heavy atom. The van der Waals surface area contributed by atoms with Gasteiger partial charge in [-0.2, -0.15) is 0 Å². The van der Waals surface area contributed by atoms with E-state index in [2.05, 4.69) is 135 Å². The zero-order valence-electron chi connectivity index (χ0n) is 45.7. The van der Waals surface area contributed by atoms with Crippen LogP contribution in [0.3, 0.4) is 0 Å². The number of unbranched alkanes of at least 4 members (excludes halogenated alkanes) is 15. The molecule has 0 aliphatic carbocycles. The quantitative estimate of drug-likeness (QED) is 0.0211. The van der Waals surface area contributed by atoms with Crippen molar-refractivity contribution < 1.29 is 42.1 Å². The lowest BCUT2D eigenvalue weighted by atomic mass is 10.1. The third kappa shape index (κ3) is 55.6. The monoisotopic (exact) mass is 1010 g/mol.